The van der Waals surface area contributed by atoms with Crippen molar-refractivity contribution in [1.29, 1.82) is 0 Å². The van der Waals surface area contributed by atoms with E-state index in [1.807, 2.05) is 0 Å². The number of ether oxygens (including phenoxy) is 1. The molecule has 0 unspecified atom stereocenters. The third-order valence-corrected chi connectivity index (χ3v) is 6.02. The highest BCUT2D eigenvalue weighted by Crippen LogP contribution is 2.24. The SMILES string of the molecule is Cn1c(O)c(C(=Nc2ccc(Cl)cc2)SCC(=O)NC[C@@H]2CCCO2)c(=O)n(C)c1=O. The highest BCUT2D eigenvalue weighted by molar-refractivity contribution is 8.15. The predicted octanol–water partition coefficient (Wildman–Crippen LogP) is 1.55. The zero-order valence-corrected chi connectivity index (χ0v) is 18.7. The molecule has 1 aliphatic rings. The van der Waals surface area contributed by atoms with Gasteiger partial charge < -0.3 is 15.2 Å². The number of aromatic nitrogens is 2. The van der Waals surface area contributed by atoms with Crippen LogP contribution in [-0.2, 0) is 23.6 Å². The molecular formula is C20H23ClN4O5S. The van der Waals surface area contributed by atoms with Gasteiger partial charge in [0.2, 0.25) is 11.8 Å². The quantitative estimate of drug-likeness (QED) is 0.493. The van der Waals surface area contributed by atoms with Gasteiger partial charge in [0.15, 0.2) is 0 Å². The monoisotopic (exact) mass is 466 g/mol. The molecule has 1 atom stereocenters. The molecule has 2 heterocycles. The number of benzene rings is 1. The molecule has 11 heteroatoms. The average molecular weight is 467 g/mol. The highest BCUT2D eigenvalue weighted by atomic mass is 35.5. The van der Waals surface area contributed by atoms with Gasteiger partial charge in [-0.1, -0.05) is 23.4 Å². The van der Waals surface area contributed by atoms with Gasteiger partial charge in [-0.2, -0.15) is 0 Å². The van der Waals surface area contributed by atoms with Crippen molar-refractivity contribution in [3.05, 3.63) is 55.7 Å². The van der Waals surface area contributed by atoms with Crippen LogP contribution in [0.4, 0.5) is 5.69 Å². The van der Waals surface area contributed by atoms with Crippen molar-refractivity contribution in [1.82, 2.24) is 14.5 Å². The van der Waals surface area contributed by atoms with E-state index in [9.17, 15) is 19.5 Å². The van der Waals surface area contributed by atoms with Crippen LogP contribution >= 0.6 is 23.4 Å². The van der Waals surface area contributed by atoms with Crippen molar-refractivity contribution in [2.45, 2.75) is 18.9 Å². The van der Waals surface area contributed by atoms with E-state index in [0.717, 1.165) is 33.7 Å². The summed E-state index contributed by atoms with van der Waals surface area (Å²) in [5.41, 5.74) is -1.06. The minimum atomic E-state index is -0.708. The minimum absolute atomic E-state index is 0.0103. The van der Waals surface area contributed by atoms with Crippen LogP contribution in [0.3, 0.4) is 0 Å². The van der Waals surface area contributed by atoms with Gasteiger partial charge in [0.25, 0.3) is 5.56 Å². The van der Waals surface area contributed by atoms with Crippen molar-refractivity contribution >= 4 is 40.0 Å². The van der Waals surface area contributed by atoms with Gasteiger partial charge in [-0.15, -0.1) is 0 Å². The van der Waals surface area contributed by atoms with E-state index in [1.165, 1.54) is 14.1 Å². The molecule has 0 radical (unpaired) electrons. The second kappa shape index (κ2) is 10.2. The number of thioether (sulfide) groups is 1. The molecule has 1 amide bonds. The fraction of sp³-hybridized carbons (Fsp3) is 0.400. The normalized spacial score (nSPS) is 16.5. The fourth-order valence-electron chi connectivity index (χ4n) is 3.03. The molecular weight excluding hydrogens is 444 g/mol. The summed E-state index contributed by atoms with van der Waals surface area (Å²) in [7, 11) is 2.66. The summed E-state index contributed by atoms with van der Waals surface area (Å²) in [6, 6.07) is 6.55. The van der Waals surface area contributed by atoms with Crippen molar-refractivity contribution in [2.75, 3.05) is 18.9 Å². The smallest absolute Gasteiger partial charge is 0.333 e. The lowest BCUT2D eigenvalue weighted by atomic mass is 10.2. The van der Waals surface area contributed by atoms with Crippen LogP contribution in [0, 0.1) is 0 Å². The number of aliphatic imine (C=N–C) groups is 1. The molecule has 9 nitrogen and oxygen atoms in total. The van der Waals surface area contributed by atoms with Crippen LogP contribution in [0.2, 0.25) is 5.02 Å². The Balaban J connectivity index is 1.89. The molecule has 1 fully saturated rings. The van der Waals surface area contributed by atoms with E-state index in [2.05, 4.69) is 10.3 Å². The number of amides is 1. The Morgan fingerprint density at radius 2 is 2.00 bits per heavy atom. The number of nitrogens with zero attached hydrogens (tertiary/aromatic N) is 3. The summed E-state index contributed by atoms with van der Waals surface area (Å²) >= 11 is 6.91. The molecule has 0 spiro atoms. The molecule has 0 bridgehead atoms. The number of carbonyl (C=O) groups excluding carboxylic acids is 1. The summed E-state index contributed by atoms with van der Waals surface area (Å²) < 4.78 is 7.32. The van der Waals surface area contributed by atoms with E-state index in [-0.39, 0.29) is 28.4 Å². The summed E-state index contributed by atoms with van der Waals surface area (Å²) in [6.07, 6.45) is 1.89. The Kier molecular flexibility index (Phi) is 7.58. The molecule has 1 saturated heterocycles. The van der Waals surface area contributed by atoms with E-state index in [1.54, 1.807) is 24.3 Å². The van der Waals surface area contributed by atoms with Crippen molar-refractivity contribution < 1.29 is 14.6 Å². The molecule has 0 saturated carbocycles. The lowest BCUT2D eigenvalue weighted by molar-refractivity contribution is -0.119. The Morgan fingerprint density at radius 3 is 2.65 bits per heavy atom. The molecule has 1 aliphatic heterocycles. The number of carbonyl (C=O) groups is 1. The van der Waals surface area contributed by atoms with Gasteiger partial charge in [-0.3, -0.25) is 18.7 Å². The average Bonchev–Trinajstić information content (AvgIpc) is 3.28. The molecule has 166 valence electrons. The van der Waals surface area contributed by atoms with Gasteiger partial charge in [-0.05, 0) is 37.1 Å². The fourth-order valence-corrected chi connectivity index (χ4v) is 4.02. The third kappa shape index (κ3) is 5.57. The Labute approximate surface area is 187 Å². The van der Waals surface area contributed by atoms with E-state index >= 15 is 0 Å². The molecule has 3 rings (SSSR count). The zero-order chi connectivity index (χ0) is 22.5. The summed E-state index contributed by atoms with van der Waals surface area (Å²) in [6.45, 7) is 1.11. The molecule has 2 N–H and O–H groups in total. The van der Waals surface area contributed by atoms with Gasteiger partial charge in [-0.25, -0.2) is 9.79 Å². The lowest BCUT2D eigenvalue weighted by Gasteiger charge is -2.13. The summed E-state index contributed by atoms with van der Waals surface area (Å²) in [4.78, 5) is 41.6. The summed E-state index contributed by atoms with van der Waals surface area (Å²) in [5.74, 6) is -0.816. The minimum Gasteiger partial charge on any atom is -0.494 e. The van der Waals surface area contributed by atoms with Crippen molar-refractivity contribution in [2.24, 2.45) is 19.1 Å². The first-order valence-electron chi connectivity index (χ1n) is 9.62. The van der Waals surface area contributed by atoms with E-state index in [0.29, 0.717) is 23.9 Å². The maximum atomic E-state index is 12.8. The number of aromatic hydroxyl groups is 1. The molecule has 0 aliphatic carbocycles. The van der Waals surface area contributed by atoms with Crippen LogP contribution in [0.5, 0.6) is 5.88 Å². The zero-order valence-electron chi connectivity index (χ0n) is 17.1. The first-order valence-corrected chi connectivity index (χ1v) is 11.0. The van der Waals surface area contributed by atoms with E-state index in [4.69, 9.17) is 16.3 Å². The van der Waals surface area contributed by atoms with Crippen LogP contribution in [0.1, 0.15) is 18.4 Å². The predicted molar refractivity (Wildman–Crippen MR) is 121 cm³/mol. The van der Waals surface area contributed by atoms with Crippen LogP contribution in [-0.4, -0.2) is 50.2 Å². The van der Waals surface area contributed by atoms with Gasteiger partial charge in [0, 0.05) is 32.3 Å². The molecule has 1 aromatic heterocycles. The van der Waals surface area contributed by atoms with Crippen LogP contribution in [0.15, 0.2) is 38.8 Å². The Morgan fingerprint density at radius 1 is 1.29 bits per heavy atom. The van der Waals surface area contributed by atoms with Crippen molar-refractivity contribution in [3.63, 3.8) is 0 Å². The number of hydrogen-bond acceptors (Lipinski definition) is 7. The topological polar surface area (TPSA) is 115 Å². The Hall–Kier alpha value is -2.56. The van der Waals surface area contributed by atoms with E-state index < -0.39 is 17.1 Å². The second-order valence-corrected chi connectivity index (χ2v) is 8.43. The third-order valence-electron chi connectivity index (χ3n) is 4.80. The van der Waals surface area contributed by atoms with Crippen LogP contribution in [0.25, 0.3) is 0 Å². The maximum absolute atomic E-state index is 12.8. The molecule has 2 aromatic rings. The van der Waals surface area contributed by atoms with Crippen molar-refractivity contribution in [3.8, 4) is 5.88 Å². The first-order chi connectivity index (χ1) is 14.8. The lowest BCUT2D eigenvalue weighted by Crippen LogP contribution is -2.40. The standard InChI is InChI=1S/C20H23ClN4O5S/c1-24-18(27)16(19(28)25(2)20(24)29)17(23-13-7-5-12(21)6-8-13)31-11-15(26)22-10-14-4-3-9-30-14/h5-8,14,27H,3-4,9-11H2,1-2H3,(H,22,26)/t14-/m0/s1. The summed E-state index contributed by atoms with van der Waals surface area (Å²) in [5, 5.41) is 13.9. The first kappa shape index (κ1) is 23.1. The second-order valence-electron chi connectivity index (χ2n) is 7.03. The number of rotatable bonds is 6. The van der Waals surface area contributed by atoms with Crippen LogP contribution < -0.4 is 16.6 Å². The molecule has 1 aromatic carbocycles. The maximum Gasteiger partial charge on any atom is 0.333 e. The van der Waals surface area contributed by atoms with Gasteiger partial charge in [0.05, 0.1) is 17.5 Å². The van der Waals surface area contributed by atoms with Gasteiger partial charge >= 0.3 is 5.69 Å². The van der Waals surface area contributed by atoms with Gasteiger partial charge in [0.1, 0.15) is 10.6 Å². The highest BCUT2D eigenvalue weighted by Gasteiger charge is 2.22. The number of hydrogen-bond donors (Lipinski definition) is 2. The number of nitrogens with one attached hydrogen (secondary N) is 1. The number of halogens is 1. The molecule has 31 heavy (non-hydrogen) atoms. The largest absolute Gasteiger partial charge is 0.494 e. The Bertz CT molecular complexity index is 1100.